The largest absolute Gasteiger partial charge is 0.371 e. The normalized spacial score (nSPS) is 20.1. The molecule has 0 fully saturated rings. The molecule has 2 unspecified atom stereocenters. The molecule has 0 aliphatic carbocycles. The Hall–Kier alpha value is -1.06. The van der Waals surface area contributed by atoms with Crippen LogP contribution >= 0.6 is 11.6 Å². The fourth-order valence-electron chi connectivity index (χ4n) is 2.23. The highest BCUT2D eigenvalue weighted by Gasteiger charge is 2.23. The minimum atomic E-state index is -0.481. The lowest BCUT2D eigenvalue weighted by Crippen LogP contribution is -2.40. The second kappa shape index (κ2) is 5.72. The van der Waals surface area contributed by atoms with E-state index in [4.69, 9.17) is 16.3 Å². The molecule has 1 aliphatic rings. The fraction of sp³-hybridized carbons (Fsp3) is 0.500. The summed E-state index contributed by atoms with van der Waals surface area (Å²) in [5, 5.41) is -0.481. The Kier molecular flexibility index (Phi) is 4.25. The Balaban J connectivity index is 1.96. The Morgan fingerprint density at radius 2 is 2.17 bits per heavy atom. The zero-order valence-corrected chi connectivity index (χ0v) is 11.5. The van der Waals surface area contributed by atoms with Crippen molar-refractivity contribution in [1.29, 1.82) is 0 Å². The van der Waals surface area contributed by atoms with E-state index >= 15 is 0 Å². The maximum atomic E-state index is 11.7. The van der Waals surface area contributed by atoms with Gasteiger partial charge in [-0.3, -0.25) is 4.79 Å². The Morgan fingerprint density at radius 3 is 2.83 bits per heavy atom. The first-order valence-corrected chi connectivity index (χ1v) is 6.59. The van der Waals surface area contributed by atoms with Gasteiger partial charge in [-0.15, -0.1) is 11.6 Å². The minimum Gasteiger partial charge on any atom is -0.371 e. The van der Waals surface area contributed by atoms with Crippen LogP contribution in [0, 0.1) is 0 Å². The van der Waals surface area contributed by atoms with E-state index in [9.17, 15) is 4.79 Å². The van der Waals surface area contributed by atoms with Gasteiger partial charge in [0.05, 0.1) is 12.7 Å². The third kappa shape index (κ3) is 3.03. The van der Waals surface area contributed by atoms with Crippen molar-refractivity contribution in [3.63, 3.8) is 0 Å². The average molecular weight is 268 g/mol. The van der Waals surface area contributed by atoms with Gasteiger partial charge in [-0.25, -0.2) is 0 Å². The number of nitrogens with zero attached hydrogens (tertiary/aromatic N) is 1. The summed E-state index contributed by atoms with van der Waals surface area (Å²) < 4.78 is 5.77. The van der Waals surface area contributed by atoms with Crippen LogP contribution in [-0.4, -0.2) is 35.9 Å². The summed E-state index contributed by atoms with van der Waals surface area (Å²) in [4.78, 5) is 13.3. The van der Waals surface area contributed by atoms with Crippen molar-refractivity contribution >= 4 is 17.5 Å². The van der Waals surface area contributed by atoms with E-state index in [1.165, 1.54) is 11.1 Å². The van der Waals surface area contributed by atoms with Gasteiger partial charge in [-0.1, -0.05) is 24.3 Å². The summed E-state index contributed by atoms with van der Waals surface area (Å²) in [5.41, 5.74) is 2.56. The smallest absolute Gasteiger partial charge is 0.240 e. The third-order valence-corrected chi connectivity index (χ3v) is 3.42. The van der Waals surface area contributed by atoms with Crippen LogP contribution < -0.4 is 0 Å². The first kappa shape index (κ1) is 13.4. The molecule has 98 valence electrons. The molecule has 0 saturated carbocycles. The van der Waals surface area contributed by atoms with E-state index in [2.05, 4.69) is 12.1 Å². The molecule has 1 aliphatic heterocycles. The van der Waals surface area contributed by atoms with E-state index in [1.807, 2.05) is 12.1 Å². The van der Waals surface area contributed by atoms with Gasteiger partial charge in [0.2, 0.25) is 5.91 Å². The number of carbonyl (C=O) groups excluding carboxylic acids is 1. The molecule has 1 aromatic rings. The van der Waals surface area contributed by atoms with E-state index in [-0.39, 0.29) is 12.0 Å². The molecule has 3 nitrogen and oxygen atoms in total. The second-order valence-electron chi connectivity index (χ2n) is 4.74. The van der Waals surface area contributed by atoms with Crippen LogP contribution in [0.2, 0.25) is 0 Å². The predicted molar refractivity (Wildman–Crippen MR) is 71.7 cm³/mol. The first-order valence-electron chi connectivity index (χ1n) is 6.15. The Morgan fingerprint density at radius 1 is 1.50 bits per heavy atom. The highest BCUT2D eigenvalue weighted by atomic mass is 35.5. The van der Waals surface area contributed by atoms with Crippen molar-refractivity contribution in [3.05, 3.63) is 35.4 Å². The van der Waals surface area contributed by atoms with E-state index < -0.39 is 5.38 Å². The van der Waals surface area contributed by atoms with Crippen molar-refractivity contribution in [2.45, 2.75) is 31.4 Å². The number of likely N-dealkylation sites (N-methyl/N-ethyl adjacent to an activating group) is 1. The molecule has 1 amide bonds. The maximum absolute atomic E-state index is 11.7. The molecule has 0 radical (unpaired) electrons. The molecule has 18 heavy (non-hydrogen) atoms. The molecule has 0 aromatic heterocycles. The molecule has 1 aromatic carbocycles. The van der Waals surface area contributed by atoms with Gasteiger partial charge < -0.3 is 9.64 Å². The standard InChI is InChI=1S/C14H18ClNO2/c1-10(15)14(17)16(2)8-13-7-11-5-3-4-6-12(11)9-18-13/h3-6,10,13H,7-9H2,1-2H3. The number of halogens is 1. The quantitative estimate of drug-likeness (QED) is 0.786. The molecular weight excluding hydrogens is 250 g/mol. The summed E-state index contributed by atoms with van der Waals surface area (Å²) in [7, 11) is 1.77. The number of ether oxygens (including phenoxy) is 1. The molecular formula is C14H18ClNO2. The van der Waals surface area contributed by atoms with Crippen molar-refractivity contribution in [2.75, 3.05) is 13.6 Å². The number of amides is 1. The zero-order valence-electron chi connectivity index (χ0n) is 10.7. The third-order valence-electron chi connectivity index (χ3n) is 3.23. The molecule has 2 atom stereocenters. The number of hydrogen-bond donors (Lipinski definition) is 0. The van der Waals surface area contributed by atoms with Gasteiger partial charge in [0.25, 0.3) is 0 Å². The minimum absolute atomic E-state index is 0.0564. The highest BCUT2D eigenvalue weighted by molar-refractivity contribution is 6.30. The van der Waals surface area contributed by atoms with Gasteiger partial charge in [0, 0.05) is 20.0 Å². The van der Waals surface area contributed by atoms with Crippen LogP contribution in [0.1, 0.15) is 18.1 Å². The number of benzene rings is 1. The van der Waals surface area contributed by atoms with Gasteiger partial charge >= 0.3 is 0 Å². The van der Waals surface area contributed by atoms with Crippen molar-refractivity contribution < 1.29 is 9.53 Å². The number of hydrogen-bond acceptors (Lipinski definition) is 2. The molecule has 0 bridgehead atoms. The topological polar surface area (TPSA) is 29.5 Å². The van der Waals surface area contributed by atoms with Crippen LogP contribution in [0.25, 0.3) is 0 Å². The fourth-order valence-corrected chi connectivity index (χ4v) is 2.39. The van der Waals surface area contributed by atoms with Crippen molar-refractivity contribution in [3.8, 4) is 0 Å². The van der Waals surface area contributed by atoms with Gasteiger partial charge in [-0.05, 0) is 18.1 Å². The summed E-state index contributed by atoms with van der Waals surface area (Å²) in [6.45, 7) is 2.90. The summed E-state index contributed by atoms with van der Waals surface area (Å²) in [5.74, 6) is -0.0564. The highest BCUT2D eigenvalue weighted by Crippen LogP contribution is 2.20. The van der Waals surface area contributed by atoms with Gasteiger partial charge in [0.1, 0.15) is 5.38 Å². The lowest BCUT2D eigenvalue weighted by molar-refractivity contribution is -0.131. The molecule has 1 heterocycles. The lowest BCUT2D eigenvalue weighted by Gasteiger charge is -2.29. The zero-order chi connectivity index (χ0) is 13.1. The van der Waals surface area contributed by atoms with E-state index in [1.54, 1.807) is 18.9 Å². The second-order valence-corrected chi connectivity index (χ2v) is 5.40. The number of rotatable bonds is 3. The molecule has 4 heteroatoms. The summed E-state index contributed by atoms with van der Waals surface area (Å²) in [6.07, 6.45) is 0.911. The van der Waals surface area contributed by atoms with E-state index in [0.29, 0.717) is 13.2 Å². The average Bonchev–Trinajstić information content (AvgIpc) is 2.37. The monoisotopic (exact) mass is 267 g/mol. The molecule has 0 spiro atoms. The number of alkyl halides is 1. The van der Waals surface area contributed by atoms with Crippen molar-refractivity contribution in [2.24, 2.45) is 0 Å². The van der Waals surface area contributed by atoms with Gasteiger partial charge in [0.15, 0.2) is 0 Å². The van der Waals surface area contributed by atoms with Crippen LogP contribution in [0.3, 0.4) is 0 Å². The first-order chi connectivity index (χ1) is 8.58. The maximum Gasteiger partial charge on any atom is 0.240 e. The Labute approximate surface area is 113 Å². The molecule has 0 N–H and O–H groups in total. The predicted octanol–water partition coefficient (Wildman–Crippen LogP) is 2.21. The Bertz CT molecular complexity index is 434. The van der Waals surface area contributed by atoms with E-state index in [0.717, 1.165) is 6.42 Å². The lowest BCUT2D eigenvalue weighted by atomic mass is 9.99. The summed E-state index contributed by atoms with van der Waals surface area (Å²) in [6, 6.07) is 8.27. The van der Waals surface area contributed by atoms with Crippen LogP contribution in [0.15, 0.2) is 24.3 Å². The number of fused-ring (bicyclic) bond motifs is 1. The molecule has 2 rings (SSSR count). The van der Waals surface area contributed by atoms with Gasteiger partial charge in [-0.2, -0.15) is 0 Å². The van der Waals surface area contributed by atoms with Crippen LogP contribution in [0.4, 0.5) is 0 Å². The number of carbonyl (C=O) groups is 1. The van der Waals surface area contributed by atoms with Crippen LogP contribution in [0.5, 0.6) is 0 Å². The summed E-state index contributed by atoms with van der Waals surface area (Å²) >= 11 is 5.79. The van der Waals surface area contributed by atoms with Crippen molar-refractivity contribution in [1.82, 2.24) is 4.90 Å². The SMILES string of the molecule is CC(Cl)C(=O)N(C)CC1Cc2ccccc2CO1. The van der Waals surface area contributed by atoms with Crippen LogP contribution in [-0.2, 0) is 22.6 Å². The molecule has 0 saturated heterocycles.